The van der Waals surface area contributed by atoms with Gasteiger partial charge in [0.25, 0.3) is 0 Å². The third-order valence-electron chi connectivity index (χ3n) is 4.92. The summed E-state index contributed by atoms with van der Waals surface area (Å²) in [7, 11) is 0. The zero-order chi connectivity index (χ0) is 18.1. The van der Waals surface area contributed by atoms with E-state index in [1.165, 1.54) is 6.42 Å². The van der Waals surface area contributed by atoms with Gasteiger partial charge in [0.15, 0.2) is 5.82 Å². The number of piperidine rings is 1. The molecule has 8 nitrogen and oxygen atoms in total. The van der Waals surface area contributed by atoms with Gasteiger partial charge in [-0.3, -0.25) is 9.55 Å². The monoisotopic (exact) mass is 352 g/mol. The quantitative estimate of drug-likeness (QED) is 0.715. The Kier molecular flexibility index (Phi) is 4.40. The summed E-state index contributed by atoms with van der Waals surface area (Å²) in [5.74, 6) is 4.99. The highest BCUT2D eigenvalue weighted by Gasteiger charge is 2.23. The maximum Gasteiger partial charge on any atom is 0.159 e. The first-order valence-electron chi connectivity index (χ1n) is 9.05. The molecule has 1 saturated heterocycles. The number of anilines is 1. The molecule has 1 aliphatic rings. The normalized spacial score (nSPS) is 17.7. The van der Waals surface area contributed by atoms with E-state index in [1.807, 2.05) is 42.4 Å². The van der Waals surface area contributed by atoms with Crippen LogP contribution in [0.25, 0.3) is 5.82 Å². The van der Waals surface area contributed by atoms with Gasteiger partial charge in [0, 0.05) is 32.0 Å². The van der Waals surface area contributed by atoms with Gasteiger partial charge in [-0.15, -0.1) is 0 Å². The van der Waals surface area contributed by atoms with Crippen molar-refractivity contribution >= 4 is 5.82 Å². The summed E-state index contributed by atoms with van der Waals surface area (Å²) in [5, 5.41) is 4.51. The van der Waals surface area contributed by atoms with Crippen molar-refractivity contribution in [2.75, 3.05) is 18.0 Å². The van der Waals surface area contributed by atoms with Crippen molar-refractivity contribution in [3.63, 3.8) is 0 Å². The topological polar surface area (TPSA) is 77.5 Å². The number of imidazole rings is 1. The first kappa shape index (κ1) is 16.7. The molecule has 1 aliphatic heterocycles. The van der Waals surface area contributed by atoms with E-state index in [2.05, 4.69) is 25.0 Å². The summed E-state index contributed by atoms with van der Waals surface area (Å²) in [6.45, 7) is 8.79. The summed E-state index contributed by atoms with van der Waals surface area (Å²) in [6, 6.07) is 0. The molecule has 0 unspecified atom stereocenters. The maximum absolute atomic E-state index is 4.81. The van der Waals surface area contributed by atoms with E-state index in [4.69, 9.17) is 4.98 Å². The van der Waals surface area contributed by atoms with E-state index in [0.717, 1.165) is 55.2 Å². The van der Waals surface area contributed by atoms with Crippen LogP contribution >= 0.6 is 0 Å². The van der Waals surface area contributed by atoms with Crippen molar-refractivity contribution in [1.82, 2.24) is 34.3 Å². The van der Waals surface area contributed by atoms with Crippen LogP contribution in [0.2, 0.25) is 0 Å². The smallest absolute Gasteiger partial charge is 0.159 e. The van der Waals surface area contributed by atoms with E-state index >= 15 is 0 Å². The molecule has 0 aliphatic carbocycles. The Hall–Kier alpha value is -2.77. The van der Waals surface area contributed by atoms with Crippen molar-refractivity contribution in [2.45, 2.75) is 40.2 Å². The Morgan fingerprint density at radius 2 is 1.92 bits per heavy atom. The van der Waals surface area contributed by atoms with Crippen LogP contribution in [0.4, 0.5) is 5.82 Å². The average molecular weight is 352 g/mol. The molecule has 136 valence electrons. The van der Waals surface area contributed by atoms with Crippen LogP contribution in [0.5, 0.6) is 0 Å². The zero-order valence-electron chi connectivity index (χ0n) is 15.5. The van der Waals surface area contributed by atoms with Crippen molar-refractivity contribution in [3.8, 4) is 5.82 Å². The lowest BCUT2D eigenvalue weighted by Gasteiger charge is -2.33. The average Bonchev–Trinajstić information content (AvgIpc) is 3.20. The van der Waals surface area contributed by atoms with Crippen molar-refractivity contribution < 1.29 is 0 Å². The lowest BCUT2D eigenvalue weighted by molar-refractivity contribution is 0.346. The van der Waals surface area contributed by atoms with Crippen molar-refractivity contribution in [2.24, 2.45) is 5.92 Å². The summed E-state index contributed by atoms with van der Waals surface area (Å²) in [6.07, 6.45) is 9.67. The molecule has 8 heteroatoms. The van der Waals surface area contributed by atoms with Gasteiger partial charge in [0.05, 0.1) is 12.4 Å². The minimum Gasteiger partial charge on any atom is -0.355 e. The van der Waals surface area contributed by atoms with Gasteiger partial charge in [-0.25, -0.2) is 19.6 Å². The molecule has 4 rings (SSSR count). The number of hydrogen-bond acceptors (Lipinski definition) is 6. The minimum absolute atomic E-state index is 0.531. The van der Waals surface area contributed by atoms with Gasteiger partial charge in [-0.2, -0.15) is 5.10 Å². The first-order chi connectivity index (χ1) is 12.6. The molecule has 4 heterocycles. The van der Waals surface area contributed by atoms with Gasteiger partial charge in [0.1, 0.15) is 23.3 Å². The molecule has 0 amide bonds. The van der Waals surface area contributed by atoms with E-state index in [9.17, 15) is 0 Å². The maximum atomic E-state index is 4.81. The highest BCUT2D eigenvalue weighted by Crippen LogP contribution is 2.23. The number of aromatic nitrogens is 7. The first-order valence-corrected chi connectivity index (χ1v) is 9.05. The molecule has 0 N–H and O–H groups in total. The van der Waals surface area contributed by atoms with Crippen LogP contribution in [0.3, 0.4) is 0 Å². The minimum atomic E-state index is 0.531. The molecule has 0 aromatic carbocycles. The fourth-order valence-corrected chi connectivity index (χ4v) is 3.64. The number of aryl methyl sites for hydroxylation is 3. The fourth-order valence-electron chi connectivity index (χ4n) is 3.64. The second-order valence-corrected chi connectivity index (χ2v) is 6.92. The van der Waals surface area contributed by atoms with Crippen LogP contribution in [0.1, 0.15) is 30.3 Å². The molecule has 3 aromatic heterocycles. The van der Waals surface area contributed by atoms with Crippen LogP contribution in [0, 0.1) is 26.7 Å². The van der Waals surface area contributed by atoms with Gasteiger partial charge in [-0.05, 0) is 39.5 Å². The molecular formula is C18H24N8. The molecule has 0 radical (unpaired) electrons. The second kappa shape index (κ2) is 6.86. The molecule has 1 atom stereocenters. The van der Waals surface area contributed by atoms with E-state index < -0.39 is 0 Å². The summed E-state index contributed by atoms with van der Waals surface area (Å²) in [4.78, 5) is 20.2. The second-order valence-electron chi connectivity index (χ2n) is 6.92. The zero-order valence-corrected chi connectivity index (χ0v) is 15.5. The van der Waals surface area contributed by atoms with E-state index in [0.29, 0.717) is 5.92 Å². The van der Waals surface area contributed by atoms with Crippen molar-refractivity contribution in [3.05, 3.63) is 42.3 Å². The van der Waals surface area contributed by atoms with E-state index in [1.54, 1.807) is 12.4 Å². The summed E-state index contributed by atoms with van der Waals surface area (Å²) < 4.78 is 3.99. The molecule has 0 saturated carbocycles. The van der Waals surface area contributed by atoms with Crippen LogP contribution in [-0.2, 0) is 6.54 Å². The predicted molar refractivity (Wildman–Crippen MR) is 98.3 cm³/mol. The molecule has 0 spiro atoms. The molecular weight excluding hydrogens is 328 g/mol. The third-order valence-corrected chi connectivity index (χ3v) is 4.92. The number of rotatable bonds is 4. The largest absolute Gasteiger partial charge is 0.355 e. The van der Waals surface area contributed by atoms with Gasteiger partial charge < -0.3 is 4.90 Å². The predicted octanol–water partition coefficient (Wildman–Crippen LogP) is 2.10. The molecule has 1 fully saturated rings. The highest BCUT2D eigenvalue weighted by molar-refractivity contribution is 5.40. The van der Waals surface area contributed by atoms with Gasteiger partial charge in [0.2, 0.25) is 0 Å². The standard InChI is InChI=1S/C18H24N8/c1-13-21-15(3)26(23-13)12-16-5-4-7-24(11-16)17-9-19-10-18(22-17)25-8-6-20-14(25)2/h6,8-10,16H,4-5,7,11-12H2,1-3H3/t16-/m1/s1. The van der Waals surface area contributed by atoms with E-state index in [-0.39, 0.29) is 0 Å². The Labute approximate surface area is 152 Å². The number of hydrogen-bond donors (Lipinski definition) is 0. The van der Waals surface area contributed by atoms with Gasteiger partial charge >= 0.3 is 0 Å². The molecule has 26 heavy (non-hydrogen) atoms. The Morgan fingerprint density at radius 1 is 1.08 bits per heavy atom. The molecule has 3 aromatic rings. The Bertz CT molecular complexity index is 896. The van der Waals surface area contributed by atoms with Crippen LogP contribution in [-0.4, -0.2) is 47.4 Å². The lowest BCUT2D eigenvalue weighted by Crippen LogP contribution is -2.38. The fraction of sp³-hybridized carbons (Fsp3) is 0.500. The summed E-state index contributed by atoms with van der Waals surface area (Å²) in [5.41, 5.74) is 0. The van der Waals surface area contributed by atoms with Crippen LogP contribution < -0.4 is 4.90 Å². The van der Waals surface area contributed by atoms with Crippen molar-refractivity contribution in [1.29, 1.82) is 0 Å². The lowest BCUT2D eigenvalue weighted by atomic mass is 9.98. The Balaban J connectivity index is 1.51. The summed E-state index contributed by atoms with van der Waals surface area (Å²) >= 11 is 0. The van der Waals surface area contributed by atoms with Crippen LogP contribution in [0.15, 0.2) is 24.8 Å². The SMILES string of the molecule is Cc1nc(C)n(C[C@@H]2CCCN(c3cncc(-n4ccnc4C)n3)C2)n1. The number of nitrogens with zero attached hydrogens (tertiary/aromatic N) is 8. The highest BCUT2D eigenvalue weighted by atomic mass is 15.3. The molecule has 0 bridgehead atoms. The third kappa shape index (κ3) is 3.31. The Morgan fingerprint density at radius 3 is 2.65 bits per heavy atom. The van der Waals surface area contributed by atoms with Gasteiger partial charge in [-0.1, -0.05) is 0 Å².